The minimum atomic E-state index is -0.180. The van der Waals surface area contributed by atoms with Crippen LogP contribution >= 0.6 is 15.9 Å². The second-order valence-electron chi connectivity index (χ2n) is 6.67. The molecule has 0 atom stereocenters. The summed E-state index contributed by atoms with van der Waals surface area (Å²) in [7, 11) is 0. The summed E-state index contributed by atoms with van der Waals surface area (Å²) < 4.78 is 0.752. The van der Waals surface area contributed by atoms with Crippen molar-refractivity contribution in [1.29, 1.82) is 0 Å². The van der Waals surface area contributed by atoms with Crippen LogP contribution in [-0.2, 0) is 13.0 Å². The van der Waals surface area contributed by atoms with E-state index >= 15 is 0 Å². The van der Waals surface area contributed by atoms with Gasteiger partial charge in [-0.3, -0.25) is 9.59 Å². The molecule has 5 nitrogen and oxygen atoms in total. The first-order valence-electron chi connectivity index (χ1n) is 8.76. The van der Waals surface area contributed by atoms with Crippen molar-refractivity contribution in [1.82, 2.24) is 14.9 Å². The third kappa shape index (κ3) is 3.45. The molecule has 136 valence electrons. The third-order valence-corrected chi connectivity index (χ3v) is 5.44. The summed E-state index contributed by atoms with van der Waals surface area (Å²) in [5.41, 5.74) is 3.76. The number of nitrogens with zero attached hydrogens (tertiary/aromatic N) is 2. The van der Waals surface area contributed by atoms with Crippen LogP contribution in [0.5, 0.6) is 0 Å². The second-order valence-corrected chi connectivity index (χ2v) is 7.52. The summed E-state index contributed by atoms with van der Waals surface area (Å²) in [6.07, 6.45) is 0.564. The van der Waals surface area contributed by atoms with Crippen LogP contribution in [0.15, 0.2) is 57.8 Å². The zero-order valence-corrected chi connectivity index (χ0v) is 16.4. The van der Waals surface area contributed by atoms with Crippen molar-refractivity contribution in [3.8, 4) is 11.4 Å². The minimum Gasteiger partial charge on any atom is -0.334 e. The highest BCUT2D eigenvalue weighted by Crippen LogP contribution is 2.23. The van der Waals surface area contributed by atoms with Gasteiger partial charge in [0.15, 0.2) is 0 Å². The van der Waals surface area contributed by atoms with Crippen molar-refractivity contribution in [2.75, 3.05) is 6.54 Å². The number of H-pyrrole nitrogens is 1. The van der Waals surface area contributed by atoms with E-state index in [9.17, 15) is 9.59 Å². The summed E-state index contributed by atoms with van der Waals surface area (Å²) in [5.74, 6) is 0.489. The molecule has 1 aliphatic heterocycles. The first-order valence-corrected chi connectivity index (χ1v) is 9.55. The number of benzene rings is 2. The SMILES string of the molecule is Cc1cccc(-c2nc3c(c(=O)[nH]2)CN(C(=O)c2ccccc2Br)CC3)c1. The molecule has 3 aromatic rings. The number of rotatable bonds is 2. The van der Waals surface area contributed by atoms with Crippen molar-refractivity contribution in [3.63, 3.8) is 0 Å². The number of aromatic amines is 1. The van der Waals surface area contributed by atoms with E-state index in [2.05, 4.69) is 25.9 Å². The van der Waals surface area contributed by atoms with Gasteiger partial charge in [-0.2, -0.15) is 0 Å². The Kier molecular flexibility index (Phi) is 4.66. The minimum absolute atomic E-state index is 0.0877. The van der Waals surface area contributed by atoms with Gasteiger partial charge < -0.3 is 9.88 Å². The Balaban J connectivity index is 1.65. The standard InChI is InChI=1S/C21H18BrN3O2/c1-13-5-4-6-14(11-13)19-23-18-9-10-25(12-16(18)20(26)24-19)21(27)15-7-2-3-8-17(15)22/h2-8,11H,9-10,12H2,1H3,(H,23,24,26). The highest BCUT2D eigenvalue weighted by molar-refractivity contribution is 9.10. The van der Waals surface area contributed by atoms with Gasteiger partial charge in [0, 0.05) is 23.0 Å². The van der Waals surface area contributed by atoms with E-state index in [1.807, 2.05) is 49.4 Å². The van der Waals surface area contributed by atoms with Crippen LogP contribution in [0.1, 0.15) is 27.2 Å². The van der Waals surface area contributed by atoms with Crippen LogP contribution in [-0.4, -0.2) is 27.3 Å². The van der Waals surface area contributed by atoms with E-state index in [1.54, 1.807) is 11.0 Å². The fourth-order valence-corrected chi connectivity index (χ4v) is 3.79. The van der Waals surface area contributed by atoms with E-state index < -0.39 is 0 Å². The first kappa shape index (κ1) is 17.7. The van der Waals surface area contributed by atoms with Gasteiger partial charge in [0.25, 0.3) is 11.5 Å². The van der Waals surface area contributed by atoms with Gasteiger partial charge >= 0.3 is 0 Å². The number of amides is 1. The van der Waals surface area contributed by atoms with Crippen molar-refractivity contribution in [2.24, 2.45) is 0 Å². The normalized spacial score (nSPS) is 13.3. The average Bonchev–Trinajstić information content (AvgIpc) is 2.67. The highest BCUT2D eigenvalue weighted by atomic mass is 79.9. The number of hydrogen-bond donors (Lipinski definition) is 1. The molecule has 27 heavy (non-hydrogen) atoms. The summed E-state index contributed by atoms with van der Waals surface area (Å²) in [6, 6.07) is 15.2. The number of carbonyl (C=O) groups is 1. The Hall–Kier alpha value is -2.73. The molecule has 0 bridgehead atoms. The Bertz CT molecular complexity index is 1090. The van der Waals surface area contributed by atoms with Gasteiger partial charge in [0.05, 0.1) is 23.4 Å². The fraction of sp³-hybridized carbons (Fsp3) is 0.190. The van der Waals surface area contributed by atoms with Crippen LogP contribution in [0.4, 0.5) is 0 Å². The first-order chi connectivity index (χ1) is 13.0. The lowest BCUT2D eigenvalue weighted by Gasteiger charge is -2.28. The van der Waals surface area contributed by atoms with Crippen molar-refractivity contribution in [2.45, 2.75) is 19.9 Å². The van der Waals surface area contributed by atoms with Crippen molar-refractivity contribution >= 4 is 21.8 Å². The molecule has 2 heterocycles. The van der Waals surface area contributed by atoms with Gasteiger partial charge in [-0.05, 0) is 41.1 Å². The van der Waals surface area contributed by atoms with E-state index in [4.69, 9.17) is 0 Å². The summed E-state index contributed by atoms with van der Waals surface area (Å²) in [6.45, 7) is 2.81. The van der Waals surface area contributed by atoms with Crippen LogP contribution < -0.4 is 5.56 Å². The quantitative estimate of drug-likeness (QED) is 0.682. The molecular weight excluding hydrogens is 406 g/mol. The second kappa shape index (κ2) is 7.12. The van der Waals surface area contributed by atoms with Gasteiger partial charge in [-0.25, -0.2) is 4.98 Å². The Morgan fingerprint density at radius 2 is 2.00 bits per heavy atom. The number of aromatic nitrogens is 2. The molecule has 1 aromatic heterocycles. The molecule has 0 saturated carbocycles. The summed E-state index contributed by atoms with van der Waals surface area (Å²) in [4.78, 5) is 34.7. The summed E-state index contributed by atoms with van der Waals surface area (Å²) >= 11 is 3.42. The molecule has 0 unspecified atom stereocenters. The zero-order valence-electron chi connectivity index (χ0n) is 14.8. The predicted octanol–water partition coefficient (Wildman–Crippen LogP) is 3.71. The number of carbonyl (C=O) groups excluding carboxylic acids is 1. The third-order valence-electron chi connectivity index (χ3n) is 4.75. The fourth-order valence-electron chi connectivity index (χ4n) is 3.33. The lowest BCUT2D eigenvalue weighted by Crippen LogP contribution is -2.39. The molecule has 0 fully saturated rings. The van der Waals surface area contributed by atoms with E-state index in [0.29, 0.717) is 29.9 Å². The topological polar surface area (TPSA) is 66.1 Å². The highest BCUT2D eigenvalue weighted by Gasteiger charge is 2.26. The maximum absolute atomic E-state index is 12.8. The number of fused-ring (bicyclic) bond motifs is 1. The Morgan fingerprint density at radius 1 is 1.19 bits per heavy atom. The molecule has 0 saturated heterocycles. The van der Waals surface area contributed by atoms with E-state index in [-0.39, 0.29) is 18.0 Å². The predicted molar refractivity (Wildman–Crippen MR) is 108 cm³/mol. The molecule has 6 heteroatoms. The maximum Gasteiger partial charge on any atom is 0.256 e. The van der Waals surface area contributed by atoms with Crippen LogP contribution in [0, 0.1) is 6.92 Å². The zero-order chi connectivity index (χ0) is 19.0. The molecule has 2 aromatic carbocycles. The monoisotopic (exact) mass is 423 g/mol. The number of halogens is 1. The van der Waals surface area contributed by atoms with Gasteiger partial charge in [-0.15, -0.1) is 0 Å². The van der Waals surface area contributed by atoms with Crippen LogP contribution in [0.25, 0.3) is 11.4 Å². The molecule has 0 aliphatic carbocycles. The Labute approximate surface area is 165 Å². The molecule has 1 aliphatic rings. The maximum atomic E-state index is 12.8. The Morgan fingerprint density at radius 3 is 2.78 bits per heavy atom. The van der Waals surface area contributed by atoms with Crippen molar-refractivity contribution < 1.29 is 4.79 Å². The number of nitrogens with one attached hydrogen (secondary N) is 1. The van der Waals surface area contributed by atoms with E-state index in [0.717, 1.165) is 21.3 Å². The van der Waals surface area contributed by atoms with Crippen molar-refractivity contribution in [3.05, 3.63) is 85.7 Å². The number of aryl methyl sites for hydroxylation is 1. The smallest absolute Gasteiger partial charge is 0.256 e. The molecule has 0 spiro atoms. The lowest BCUT2D eigenvalue weighted by molar-refractivity contribution is 0.0731. The van der Waals surface area contributed by atoms with Gasteiger partial charge in [0.1, 0.15) is 5.82 Å². The molecule has 1 amide bonds. The number of hydrogen-bond acceptors (Lipinski definition) is 3. The molecule has 1 N–H and O–H groups in total. The van der Waals surface area contributed by atoms with Crippen LogP contribution in [0.3, 0.4) is 0 Å². The van der Waals surface area contributed by atoms with Crippen LogP contribution in [0.2, 0.25) is 0 Å². The molecule has 4 rings (SSSR count). The summed E-state index contributed by atoms with van der Waals surface area (Å²) in [5, 5.41) is 0. The average molecular weight is 424 g/mol. The lowest BCUT2D eigenvalue weighted by atomic mass is 10.0. The molecular formula is C21H18BrN3O2. The van der Waals surface area contributed by atoms with E-state index in [1.165, 1.54) is 0 Å². The molecule has 0 radical (unpaired) electrons. The van der Waals surface area contributed by atoms with Gasteiger partial charge in [-0.1, -0.05) is 35.9 Å². The largest absolute Gasteiger partial charge is 0.334 e. The van der Waals surface area contributed by atoms with Gasteiger partial charge in [0.2, 0.25) is 0 Å².